The Morgan fingerprint density at radius 3 is 2.55 bits per heavy atom. The monoisotopic (exact) mass is 445 g/mol. The first-order valence-electron chi connectivity index (χ1n) is 10.5. The van der Waals surface area contributed by atoms with Gasteiger partial charge in [0.1, 0.15) is 28.7 Å². The summed E-state index contributed by atoms with van der Waals surface area (Å²) in [5, 5.41) is 7.21. The molecule has 1 aromatic heterocycles. The van der Waals surface area contributed by atoms with Crippen molar-refractivity contribution in [2.75, 3.05) is 5.32 Å². The number of nitrogens with zero attached hydrogens (tertiary/aromatic N) is 2. The molecule has 4 aromatic rings. The van der Waals surface area contributed by atoms with Crippen molar-refractivity contribution in [3.8, 4) is 28.1 Å². The summed E-state index contributed by atoms with van der Waals surface area (Å²) in [6, 6.07) is 16.9. The topological polar surface area (TPSA) is 56.2 Å². The largest absolute Gasteiger partial charge is 0.487 e. The maximum absolute atomic E-state index is 14.6. The first-order chi connectivity index (χ1) is 15.8. The number of amides is 1. The third-order valence-electron chi connectivity index (χ3n) is 5.52. The van der Waals surface area contributed by atoms with Crippen molar-refractivity contribution in [2.45, 2.75) is 25.9 Å². The fraction of sp³-hybridized carbons (Fsp3) is 0.154. The highest BCUT2D eigenvalue weighted by Gasteiger charge is 2.30. The van der Waals surface area contributed by atoms with Crippen molar-refractivity contribution >= 4 is 11.7 Å². The van der Waals surface area contributed by atoms with Gasteiger partial charge in [-0.25, -0.2) is 13.6 Å². The first kappa shape index (κ1) is 20.9. The van der Waals surface area contributed by atoms with Crippen LogP contribution in [0, 0.1) is 11.6 Å². The van der Waals surface area contributed by atoms with Crippen LogP contribution in [0.2, 0.25) is 0 Å². The molecule has 0 unspecified atom stereocenters. The van der Waals surface area contributed by atoms with Crippen LogP contribution in [0.3, 0.4) is 0 Å². The molecule has 0 bridgehead atoms. The smallest absolute Gasteiger partial charge is 0.346 e. The van der Waals surface area contributed by atoms with Gasteiger partial charge in [-0.3, -0.25) is 0 Å². The van der Waals surface area contributed by atoms with Gasteiger partial charge in [-0.15, -0.1) is 0 Å². The van der Waals surface area contributed by atoms with E-state index in [0.717, 1.165) is 22.4 Å². The number of halogens is 2. The quantitative estimate of drug-likeness (QED) is 0.403. The number of nitrogens with one attached hydrogen (secondary N) is 1. The number of hydrogen-bond donors (Lipinski definition) is 1. The van der Waals surface area contributed by atoms with Crippen LogP contribution in [-0.2, 0) is 6.42 Å². The summed E-state index contributed by atoms with van der Waals surface area (Å²) < 4.78 is 35.0. The average Bonchev–Trinajstić information content (AvgIpc) is 3.34. The van der Waals surface area contributed by atoms with Crippen LogP contribution in [0.5, 0.6) is 5.75 Å². The number of rotatable bonds is 3. The second-order valence-electron chi connectivity index (χ2n) is 8.61. The van der Waals surface area contributed by atoms with Gasteiger partial charge >= 0.3 is 6.03 Å². The number of aromatic nitrogens is 2. The summed E-state index contributed by atoms with van der Waals surface area (Å²) in [4.78, 5) is 13.0. The van der Waals surface area contributed by atoms with Crippen LogP contribution in [0.15, 0.2) is 72.9 Å². The van der Waals surface area contributed by atoms with Crippen LogP contribution in [0.25, 0.3) is 22.4 Å². The van der Waals surface area contributed by atoms with E-state index in [1.54, 1.807) is 36.4 Å². The number of ether oxygens (including phenoxy) is 1. The molecule has 0 fully saturated rings. The molecule has 5 rings (SSSR count). The van der Waals surface area contributed by atoms with Gasteiger partial charge in [0.25, 0.3) is 0 Å². The summed E-state index contributed by atoms with van der Waals surface area (Å²) in [6.07, 6.45) is 2.25. The van der Waals surface area contributed by atoms with E-state index in [2.05, 4.69) is 10.4 Å². The van der Waals surface area contributed by atoms with Crippen molar-refractivity contribution in [2.24, 2.45) is 0 Å². The molecule has 0 atom stereocenters. The lowest BCUT2D eigenvalue weighted by molar-refractivity contribution is 0.138. The molecule has 0 spiro atoms. The highest BCUT2D eigenvalue weighted by atomic mass is 19.1. The normalized spacial score (nSPS) is 13.9. The third kappa shape index (κ3) is 4.09. The van der Waals surface area contributed by atoms with Gasteiger partial charge in [0, 0.05) is 35.0 Å². The summed E-state index contributed by atoms with van der Waals surface area (Å²) in [5.74, 6) is -0.0506. The van der Waals surface area contributed by atoms with Crippen molar-refractivity contribution < 1.29 is 18.3 Å². The first-order valence-corrected chi connectivity index (χ1v) is 10.5. The minimum Gasteiger partial charge on any atom is -0.487 e. The van der Waals surface area contributed by atoms with Gasteiger partial charge in [0.2, 0.25) is 0 Å². The second kappa shape index (κ2) is 7.85. The predicted molar refractivity (Wildman–Crippen MR) is 122 cm³/mol. The molecule has 0 aliphatic carbocycles. The summed E-state index contributed by atoms with van der Waals surface area (Å²) in [5.41, 5.74) is 3.00. The second-order valence-corrected chi connectivity index (χ2v) is 8.61. The highest BCUT2D eigenvalue weighted by molar-refractivity contribution is 5.93. The SMILES string of the molecule is CC1(C)Cc2cc(NC(=O)n3cc(-c4ccc(F)cc4)c(-c4ccccc4F)n3)ccc2O1. The average molecular weight is 445 g/mol. The van der Waals surface area contributed by atoms with E-state index in [9.17, 15) is 13.6 Å². The number of hydrogen-bond acceptors (Lipinski definition) is 3. The Kier molecular flexibility index (Phi) is 4.96. The molecule has 1 aliphatic heterocycles. The Morgan fingerprint density at radius 1 is 1.03 bits per heavy atom. The van der Waals surface area contributed by atoms with Crippen molar-refractivity contribution in [3.63, 3.8) is 0 Å². The Balaban J connectivity index is 1.50. The van der Waals surface area contributed by atoms with Gasteiger partial charge in [-0.05, 0) is 61.9 Å². The van der Waals surface area contributed by atoms with Crippen molar-refractivity contribution in [1.82, 2.24) is 9.78 Å². The molecule has 33 heavy (non-hydrogen) atoms. The Hall–Kier alpha value is -4.00. The van der Waals surface area contributed by atoms with E-state index < -0.39 is 11.8 Å². The standard InChI is InChI=1S/C26H21F2N3O2/c1-26(2)14-17-13-19(11-12-23(17)33-26)29-25(32)31-15-21(16-7-9-18(27)10-8-16)24(30-31)20-5-3-4-6-22(20)28/h3-13,15H,14H2,1-2H3,(H,29,32). The Morgan fingerprint density at radius 2 is 1.79 bits per heavy atom. The lowest BCUT2D eigenvalue weighted by atomic mass is 10.0. The molecule has 7 heteroatoms. The maximum Gasteiger partial charge on any atom is 0.346 e. The number of carbonyl (C=O) groups is 1. The molecule has 5 nitrogen and oxygen atoms in total. The Bertz CT molecular complexity index is 1360. The molecule has 3 aromatic carbocycles. The molecule has 0 saturated carbocycles. The molecule has 0 radical (unpaired) electrons. The summed E-state index contributed by atoms with van der Waals surface area (Å²) in [7, 11) is 0. The van der Waals surface area contributed by atoms with E-state index in [1.807, 2.05) is 26.0 Å². The fourth-order valence-electron chi connectivity index (χ4n) is 4.04. The van der Waals surface area contributed by atoms with E-state index in [1.165, 1.54) is 24.4 Å². The minimum atomic E-state index is -0.501. The zero-order chi connectivity index (χ0) is 23.2. The summed E-state index contributed by atoms with van der Waals surface area (Å²) >= 11 is 0. The fourth-order valence-corrected chi connectivity index (χ4v) is 4.04. The number of carbonyl (C=O) groups excluding carboxylic acids is 1. The van der Waals surface area contributed by atoms with Gasteiger partial charge in [0.05, 0.1) is 0 Å². The zero-order valence-electron chi connectivity index (χ0n) is 18.1. The van der Waals surface area contributed by atoms with Crippen LogP contribution in [0.4, 0.5) is 19.3 Å². The van der Waals surface area contributed by atoms with Crippen LogP contribution < -0.4 is 10.1 Å². The number of benzene rings is 3. The molecule has 1 N–H and O–H groups in total. The number of anilines is 1. The molecule has 1 amide bonds. The molecule has 0 saturated heterocycles. The van der Waals surface area contributed by atoms with Crippen molar-refractivity contribution in [1.29, 1.82) is 0 Å². The van der Waals surface area contributed by atoms with Gasteiger partial charge in [0.15, 0.2) is 0 Å². The highest BCUT2D eigenvalue weighted by Crippen LogP contribution is 2.36. The minimum absolute atomic E-state index is 0.250. The van der Waals surface area contributed by atoms with Crippen molar-refractivity contribution in [3.05, 3.63) is 90.1 Å². The van der Waals surface area contributed by atoms with E-state index in [-0.39, 0.29) is 17.0 Å². The predicted octanol–water partition coefficient (Wildman–Crippen LogP) is 6.29. The molecule has 1 aliphatic rings. The van der Waals surface area contributed by atoms with Gasteiger partial charge < -0.3 is 10.1 Å². The van der Waals surface area contributed by atoms with Crippen LogP contribution >= 0.6 is 0 Å². The number of fused-ring (bicyclic) bond motifs is 1. The molecule has 2 heterocycles. The van der Waals surface area contributed by atoms with Crippen LogP contribution in [0.1, 0.15) is 19.4 Å². The van der Waals surface area contributed by atoms with E-state index in [0.29, 0.717) is 22.5 Å². The van der Waals surface area contributed by atoms with Gasteiger partial charge in [-0.1, -0.05) is 24.3 Å². The van der Waals surface area contributed by atoms with Gasteiger partial charge in [-0.2, -0.15) is 9.78 Å². The van der Waals surface area contributed by atoms with Crippen LogP contribution in [-0.4, -0.2) is 21.4 Å². The Labute approximate surface area is 189 Å². The molecular formula is C26H21F2N3O2. The molecule has 166 valence electrons. The van der Waals surface area contributed by atoms with E-state index >= 15 is 0 Å². The lowest BCUT2D eigenvalue weighted by Gasteiger charge is -2.16. The maximum atomic E-state index is 14.6. The molecular weight excluding hydrogens is 424 g/mol. The summed E-state index contributed by atoms with van der Waals surface area (Å²) in [6.45, 7) is 4.02. The zero-order valence-corrected chi connectivity index (χ0v) is 18.1. The third-order valence-corrected chi connectivity index (χ3v) is 5.52. The van der Waals surface area contributed by atoms with E-state index in [4.69, 9.17) is 4.74 Å². The lowest BCUT2D eigenvalue weighted by Crippen LogP contribution is -2.24.